The molecule has 0 bridgehead atoms. The first-order valence-electron chi connectivity index (χ1n) is 8.83. The molecule has 23 heavy (non-hydrogen) atoms. The average molecular weight is 308 g/mol. The minimum absolute atomic E-state index is 0.532. The second kappa shape index (κ2) is 7.65. The average Bonchev–Trinajstić information content (AvgIpc) is 2.58. The molecule has 1 unspecified atom stereocenters. The van der Waals surface area contributed by atoms with Crippen LogP contribution in [0.25, 0.3) is 0 Å². The first-order chi connectivity index (χ1) is 11.2. The van der Waals surface area contributed by atoms with Gasteiger partial charge >= 0.3 is 0 Å². The van der Waals surface area contributed by atoms with Crippen LogP contribution in [0.3, 0.4) is 0 Å². The van der Waals surface area contributed by atoms with Crippen molar-refractivity contribution in [2.45, 2.75) is 45.2 Å². The van der Waals surface area contributed by atoms with Gasteiger partial charge in [0.05, 0.1) is 0 Å². The minimum atomic E-state index is 0.532. The van der Waals surface area contributed by atoms with Crippen LogP contribution >= 0.6 is 0 Å². The van der Waals surface area contributed by atoms with Crippen molar-refractivity contribution in [1.82, 2.24) is 5.32 Å². The monoisotopic (exact) mass is 308 g/mol. The standard InChI is InChI=1S/C21H28N2/c1-17-8-6-7-9-19(17)16-18(2)22-20-12-14-23(15-13-20)21-10-4-3-5-11-21/h3-11,18,20,22H,12-16H2,1-2H3. The second-order valence-electron chi connectivity index (χ2n) is 6.80. The number of hydrogen-bond donors (Lipinski definition) is 1. The van der Waals surface area contributed by atoms with E-state index in [1.54, 1.807) is 0 Å². The highest BCUT2D eigenvalue weighted by Crippen LogP contribution is 2.20. The largest absolute Gasteiger partial charge is 0.371 e. The number of anilines is 1. The minimum Gasteiger partial charge on any atom is -0.371 e. The number of piperidine rings is 1. The fraction of sp³-hybridized carbons (Fsp3) is 0.429. The van der Waals surface area contributed by atoms with Crippen LogP contribution in [0.2, 0.25) is 0 Å². The molecule has 0 saturated carbocycles. The zero-order valence-electron chi connectivity index (χ0n) is 14.3. The summed E-state index contributed by atoms with van der Waals surface area (Å²) < 4.78 is 0. The topological polar surface area (TPSA) is 15.3 Å². The molecule has 2 aromatic carbocycles. The molecule has 2 aromatic rings. The van der Waals surface area contributed by atoms with Crippen LogP contribution in [0.1, 0.15) is 30.9 Å². The molecule has 1 N–H and O–H groups in total. The van der Waals surface area contributed by atoms with Crippen LogP contribution < -0.4 is 10.2 Å². The number of rotatable bonds is 5. The van der Waals surface area contributed by atoms with E-state index in [0.717, 1.165) is 19.5 Å². The van der Waals surface area contributed by atoms with Gasteiger partial charge < -0.3 is 10.2 Å². The fourth-order valence-electron chi connectivity index (χ4n) is 3.57. The zero-order chi connectivity index (χ0) is 16.1. The first kappa shape index (κ1) is 16.1. The molecule has 0 aromatic heterocycles. The van der Waals surface area contributed by atoms with Gasteiger partial charge in [0.15, 0.2) is 0 Å². The third-order valence-electron chi connectivity index (χ3n) is 4.92. The summed E-state index contributed by atoms with van der Waals surface area (Å²) in [6.45, 7) is 6.83. The van der Waals surface area contributed by atoms with Gasteiger partial charge in [-0.2, -0.15) is 0 Å². The molecule has 2 nitrogen and oxygen atoms in total. The Hall–Kier alpha value is -1.80. The molecule has 1 heterocycles. The van der Waals surface area contributed by atoms with Crippen LogP contribution in [0.4, 0.5) is 5.69 Å². The van der Waals surface area contributed by atoms with Crippen LogP contribution in [-0.4, -0.2) is 25.2 Å². The van der Waals surface area contributed by atoms with Gasteiger partial charge in [-0.1, -0.05) is 42.5 Å². The van der Waals surface area contributed by atoms with Crippen molar-refractivity contribution in [3.8, 4) is 0 Å². The number of aryl methyl sites for hydroxylation is 1. The molecule has 2 heteroatoms. The van der Waals surface area contributed by atoms with Gasteiger partial charge in [-0.25, -0.2) is 0 Å². The summed E-state index contributed by atoms with van der Waals surface area (Å²) in [5.41, 5.74) is 4.23. The van der Waals surface area contributed by atoms with Crippen LogP contribution in [0.15, 0.2) is 54.6 Å². The van der Waals surface area contributed by atoms with Gasteiger partial charge in [0.1, 0.15) is 0 Å². The van der Waals surface area contributed by atoms with E-state index in [2.05, 4.69) is 78.7 Å². The second-order valence-corrected chi connectivity index (χ2v) is 6.80. The maximum Gasteiger partial charge on any atom is 0.0366 e. The van der Waals surface area contributed by atoms with Crippen molar-refractivity contribution in [3.05, 3.63) is 65.7 Å². The lowest BCUT2D eigenvalue weighted by Gasteiger charge is -2.35. The van der Waals surface area contributed by atoms with E-state index in [4.69, 9.17) is 0 Å². The van der Waals surface area contributed by atoms with Gasteiger partial charge in [0.2, 0.25) is 0 Å². The molecule has 1 aliphatic rings. The lowest BCUT2D eigenvalue weighted by atomic mass is 9.99. The van der Waals surface area contributed by atoms with Crippen molar-refractivity contribution >= 4 is 5.69 Å². The highest BCUT2D eigenvalue weighted by molar-refractivity contribution is 5.46. The molecule has 122 valence electrons. The number of para-hydroxylation sites is 1. The summed E-state index contributed by atoms with van der Waals surface area (Å²) in [4.78, 5) is 2.50. The lowest BCUT2D eigenvalue weighted by molar-refractivity contribution is 0.375. The van der Waals surface area contributed by atoms with Crippen molar-refractivity contribution < 1.29 is 0 Å². The molecule has 1 atom stereocenters. The SMILES string of the molecule is Cc1ccccc1CC(C)NC1CCN(c2ccccc2)CC1. The van der Waals surface area contributed by atoms with Crippen molar-refractivity contribution in [2.24, 2.45) is 0 Å². The van der Waals surface area contributed by atoms with E-state index in [-0.39, 0.29) is 0 Å². The number of hydrogen-bond acceptors (Lipinski definition) is 2. The highest BCUT2D eigenvalue weighted by Gasteiger charge is 2.20. The Kier molecular flexibility index (Phi) is 5.35. The molecule has 0 aliphatic carbocycles. The Labute approximate surface area is 140 Å². The third kappa shape index (κ3) is 4.35. The number of nitrogens with zero attached hydrogens (tertiary/aromatic N) is 1. The van der Waals surface area contributed by atoms with Crippen molar-refractivity contribution in [2.75, 3.05) is 18.0 Å². The van der Waals surface area contributed by atoms with Gasteiger partial charge in [-0.15, -0.1) is 0 Å². The molecule has 1 aliphatic heterocycles. The predicted molar refractivity (Wildman–Crippen MR) is 99.2 cm³/mol. The quantitative estimate of drug-likeness (QED) is 0.891. The van der Waals surface area contributed by atoms with Gasteiger partial charge in [0.25, 0.3) is 0 Å². The van der Waals surface area contributed by atoms with Crippen LogP contribution in [0, 0.1) is 6.92 Å². The maximum atomic E-state index is 3.84. The number of nitrogens with one attached hydrogen (secondary N) is 1. The summed E-state index contributed by atoms with van der Waals surface area (Å²) in [7, 11) is 0. The molecule has 1 saturated heterocycles. The summed E-state index contributed by atoms with van der Waals surface area (Å²) in [6.07, 6.45) is 3.57. The van der Waals surface area contributed by atoms with E-state index < -0.39 is 0 Å². The van der Waals surface area contributed by atoms with Crippen molar-refractivity contribution in [1.29, 1.82) is 0 Å². The molecule has 1 fully saturated rings. The smallest absolute Gasteiger partial charge is 0.0366 e. The Morgan fingerprint density at radius 3 is 2.35 bits per heavy atom. The van der Waals surface area contributed by atoms with Crippen LogP contribution in [0.5, 0.6) is 0 Å². The van der Waals surface area contributed by atoms with E-state index in [1.165, 1.54) is 29.7 Å². The van der Waals surface area contributed by atoms with E-state index >= 15 is 0 Å². The fourth-order valence-corrected chi connectivity index (χ4v) is 3.57. The van der Waals surface area contributed by atoms with Crippen LogP contribution in [-0.2, 0) is 6.42 Å². The summed E-state index contributed by atoms with van der Waals surface area (Å²) in [6, 6.07) is 20.7. The molecular formula is C21H28N2. The molecular weight excluding hydrogens is 280 g/mol. The Morgan fingerprint density at radius 2 is 1.65 bits per heavy atom. The lowest BCUT2D eigenvalue weighted by Crippen LogP contribution is -2.46. The Morgan fingerprint density at radius 1 is 1.00 bits per heavy atom. The Bertz CT molecular complexity index is 600. The molecule has 0 radical (unpaired) electrons. The molecule has 0 amide bonds. The van der Waals surface area contributed by atoms with Gasteiger partial charge in [-0.05, 0) is 56.4 Å². The van der Waals surface area contributed by atoms with Gasteiger partial charge in [0, 0.05) is 30.9 Å². The Balaban J connectivity index is 1.48. The predicted octanol–water partition coefficient (Wildman–Crippen LogP) is 4.18. The maximum absolute atomic E-state index is 3.84. The van der Waals surface area contributed by atoms with Crippen molar-refractivity contribution in [3.63, 3.8) is 0 Å². The third-order valence-corrected chi connectivity index (χ3v) is 4.92. The van der Waals surface area contributed by atoms with Gasteiger partial charge in [-0.3, -0.25) is 0 Å². The molecule has 0 spiro atoms. The van der Waals surface area contributed by atoms with E-state index in [9.17, 15) is 0 Å². The summed E-state index contributed by atoms with van der Waals surface area (Å²) >= 11 is 0. The highest BCUT2D eigenvalue weighted by atomic mass is 15.1. The normalized spacial score (nSPS) is 17.2. The molecule has 3 rings (SSSR count). The number of benzene rings is 2. The van der Waals surface area contributed by atoms with E-state index in [0.29, 0.717) is 12.1 Å². The zero-order valence-corrected chi connectivity index (χ0v) is 14.3. The summed E-state index contributed by atoms with van der Waals surface area (Å²) in [5, 5.41) is 3.84. The summed E-state index contributed by atoms with van der Waals surface area (Å²) in [5.74, 6) is 0. The van der Waals surface area contributed by atoms with E-state index in [1.807, 2.05) is 0 Å². The first-order valence-corrected chi connectivity index (χ1v) is 8.83.